The summed E-state index contributed by atoms with van der Waals surface area (Å²) >= 11 is 0. The van der Waals surface area contributed by atoms with E-state index < -0.39 is 0 Å². The van der Waals surface area contributed by atoms with Gasteiger partial charge in [0.05, 0.1) is 17.7 Å². The highest BCUT2D eigenvalue weighted by molar-refractivity contribution is 5.80. The van der Waals surface area contributed by atoms with E-state index in [9.17, 15) is 4.39 Å². The minimum Gasteiger partial charge on any atom is -0.395 e. The molecule has 1 heterocycles. The summed E-state index contributed by atoms with van der Waals surface area (Å²) in [4.78, 5) is 4.05. The van der Waals surface area contributed by atoms with E-state index in [4.69, 9.17) is 5.11 Å². The molecule has 0 aliphatic carbocycles. The third kappa shape index (κ3) is 2.18. The number of aliphatic hydroxyl groups excluding tert-OH is 1. The van der Waals surface area contributed by atoms with Gasteiger partial charge in [-0.15, -0.1) is 0 Å². The monoisotopic (exact) mass is 215 g/mol. The number of hydrogen-bond acceptors (Lipinski definition) is 2. The average molecular weight is 215 g/mol. The predicted molar refractivity (Wildman–Crippen MR) is 60.3 cm³/mol. The molecule has 0 unspecified atom stereocenters. The van der Waals surface area contributed by atoms with Crippen molar-refractivity contribution in [1.29, 1.82) is 0 Å². The Kier molecular flexibility index (Phi) is 3.13. The molecule has 0 aliphatic heterocycles. The van der Waals surface area contributed by atoms with Gasteiger partial charge >= 0.3 is 0 Å². The van der Waals surface area contributed by atoms with Crippen LogP contribution < -0.4 is 0 Å². The predicted octanol–water partition coefficient (Wildman–Crippen LogP) is 2.11. The van der Waals surface area contributed by atoms with Crippen molar-refractivity contribution in [3.05, 3.63) is 41.8 Å². The Labute approximate surface area is 92.8 Å². The van der Waals surface area contributed by atoms with Gasteiger partial charge in [0.15, 0.2) is 0 Å². The van der Waals surface area contributed by atoms with Crippen LogP contribution in [0.1, 0.15) is 12.0 Å². The largest absolute Gasteiger partial charge is 0.395 e. The zero-order valence-electron chi connectivity index (χ0n) is 8.57. The van der Waals surface area contributed by atoms with E-state index in [1.165, 1.54) is 6.07 Å². The Bertz CT molecular complexity index is 569. The molecular formula is C13H10FNO. The van der Waals surface area contributed by atoms with Crippen molar-refractivity contribution in [2.75, 3.05) is 6.61 Å². The molecule has 0 radical (unpaired) electrons. The third-order valence-corrected chi connectivity index (χ3v) is 2.15. The summed E-state index contributed by atoms with van der Waals surface area (Å²) in [6, 6.07) is 6.70. The second kappa shape index (κ2) is 4.73. The number of benzene rings is 1. The summed E-state index contributed by atoms with van der Waals surface area (Å²) < 4.78 is 13.5. The van der Waals surface area contributed by atoms with Crippen molar-refractivity contribution >= 4 is 10.9 Å². The number of aliphatic hydroxyl groups is 1. The lowest BCUT2D eigenvalue weighted by molar-refractivity contribution is 0.305. The SMILES string of the molecule is OCCC#Cc1cc2cccnc2cc1F. The molecule has 0 bridgehead atoms. The van der Waals surface area contributed by atoms with Crippen LogP contribution in [-0.2, 0) is 0 Å². The number of pyridine rings is 1. The molecule has 16 heavy (non-hydrogen) atoms. The van der Waals surface area contributed by atoms with E-state index >= 15 is 0 Å². The zero-order chi connectivity index (χ0) is 11.4. The van der Waals surface area contributed by atoms with Crippen LogP contribution in [0.4, 0.5) is 4.39 Å². The number of halogens is 1. The van der Waals surface area contributed by atoms with Gasteiger partial charge in [-0.25, -0.2) is 4.39 Å². The van der Waals surface area contributed by atoms with Gasteiger partial charge in [0.1, 0.15) is 5.82 Å². The van der Waals surface area contributed by atoms with Gasteiger partial charge in [-0.2, -0.15) is 0 Å². The Morgan fingerprint density at radius 3 is 3.06 bits per heavy atom. The normalized spacial score (nSPS) is 9.88. The fourth-order valence-corrected chi connectivity index (χ4v) is 1.40. The molecule has 0 aliphatic rings. The molecule has 0 atom stereocenters. The number of nitrogens with zero attached hydrogens (tertiary/aromatic N) is 1. The van der Waals surface area contributed by atoms with Gasteiger partial charge in [0, 0.05) is 24.1 Å². The highest BCUT2D eigenvalue weighted by Gasteiger charge is 2.02. The maximum atomic E-state index is 13.5. The molecule has 3 heteroatoms. The van der Waals surface area contributed by atoms with Crippen LogP contribution in [0, 0.1) is 17.7 Å². The van der Waals surface area contributed by atoms with Crippen LogP contribution in [0.15, 0.2) is 30.5 Å². The van der Waals surface area contributed by atoms with E-state index in [0.29, 0.717) is 17.5 Å². The minimum absolute atomic E-state index is 0.0102. The Morgan fingerprint density at radius 2 is 2.25 bits per heavy atom. The summed E-state index contributed by atoms with van der Waals surface area (Å²) in [5, 5.41) is 9.44. The lowest BCUT2D eigenvalue weighted by Gasteiger charge is -1.98. The number of fused-ring (bicyclic) bond motifs is 1. The fourth-order valence-electron chi connectivity index (χ4n) is 1.40. The molecule has 80 valence electrons. The van der Waals surface area contributed by atoms with E-state index in [0.717, 1.165) is 5.39 Å². The Hall–Kier alpha value is -1.92. The highest BCUT2D eigenvalue weighted by Crippen LogP contribution is 2.16. The van der Waals surface area contributed by atoms with Crippen molar-refractivity contribution in [1.82, 2.24) is 4.98 Å². The molecule has 1 aromatic carbocycles. The van der Waals surface area contributed by atoms with Gasteiger partial charge in [0.25, 0.3) is 0 Å². The standard InChI is InChI=1S/C13H10FNO/c14-12-9-13-11(5-3-6-15-13)8-10(12)4-1-2-7-16/h3,5-6,8-9,16H,2,7H2. The summed E-state index contributed by atoms with van der Waals surface area (Å²) in [5.41, 5.74) is 0.960. The molecule has 2 nitrogen and oxygen atoms in total. The highest BCUT2D eigenvalue weighted by atomic mass is 19.1. The van der Waals surface area contributed by atoms with Crippen molar-refractivity contribution in [2.45, 2.75) is 6.42 Å². The van der Waals surface area contributed by atoms with Gasteiger partial charge in [-0.1, -0.05) is 17.9 Å². The van der Waals surface area contributed by atoms with Gasteiger partial charge < -0.3 is 5.11 Å². The minimum atomic E-state index is -0.378. The smallest absolute Gasteiger partial charge is 0.141 e. The first kappa shape index (κ1) is 10.6. The summed E-state index contributed by atoms with van der Waals surface area (Å²) in [5.74, 6) is 5.01. The first-order chi connectivity index (χ1) is 7.81. The first-order valence-corrected chi connectivity index (χ1v) is 4.95. The van der Waals surface area contributed by atoms with Crippen LogP contribution in [0.25, 0.3) is 10.9 Å². The molecule has 0 fully saturated rings. The topological polar surface area (TPSA) is 33.1 Å². The summed E-state index contributed by atoms with van der Waals surface area (Å²) in [6.07, 6.45) is 1.98. The van der Waals surface area contributed by atoms with Crippen LogP contribution in [-0.4, -0.2) is 16.7 Å². The molecule has 1 aromatic heterocycles. The number of aromatic nitrogens is 1. The van der Waals surface area contributed by atoms with Crippen LogP contribution in [0.3, 0.4) is 0 Å². The molecule has 0 saturated carbocycles. The lowest BCUT2D eigenvalue weighted by Crippen LogP contribution is -1.87. The molecule has 1 N–H and O–H groups in total. The quantitative estimate of drug-likeness (QED) is 0.739. The van der Waals surface area contributed by atoms with Crippen molar-refractivity contribution < 1.29 is 9.50 Å². The van der Waals surface area contributed by atoms with Crippen LogP contribution in [0.5, 0.6) is 0 Å². The average Bonchev–Trinajstić information content (AvgIpc) is 2.30. The van der Waals surface area contributed by atoms with Gasteiger partial charge in [0.2, 0.25) is 0 Å². The van der Waals surface area contributed by atoms with Crippen LogP contribution >= 0.6 is 0 Å². The van der Waals surface area contributed by atoms with Crippen LogP contribution in [0.2, 0.25) is 0 Å². The number of hydrogen-bond donors (Lipinski definition) is 1. The zero-order valence-corrected chi connectivity index (χ0v) is 8.57. The summed E-state index contributed by atoms with van der Waals surface area (Å²) in [7, 11) is 0. The van der Waals surface area contributed by atoms with Gasteiger partial charge in [-0.3, -0.25) is 4.98 Å². The van der Waals surface area contributed by atoms with Crippen molar-refractivity contribution in [3.8, 4) is 11.8 Å². The second-order valence-corrected chi connectivity index (χ2v) is 3.30. The van der Waals surface area contributed by atoms with Crippen molar-refractivity contribution in [3.63, 3.8) is 0 Å². The Balaban J connectivity index is 2.47. The molecule has 0 amide bonds. The maximum absolute atomic E-state index is 13.5. The Morgan fingerprint density at radius 1 is 1.38 bits per heavy atom. The molecule has 2 rings (SSSR count). The fraction of sp³-hybridized carbons (Fsp3) is 0.154. The maximum Gasteiger partial charge on any atom is 0.141 e. The molecule has 2 aromatic rings. The third-order valence-electron chi connectivity index (χ3n) is 2.15. The van der Waals surface area contributed by atoms with E-state index in [1.54, 1.807) is 18.3 Å². The molecule has 0 spiro atoms. The first-order valence-electron chi connectivity index (χ1n) is 4.95. The van der Waals surface area contributed by atoms with E-state index in [1.807, 2.05) is 6.07 Å². The van der Waals surface area contributed by atoms with E-state index in [-0.39, 0.29) is 12.4 Å². The van der Waals surface area contributed by atoms with E-state index in [2.05, 4.69) is 16.8 Å². The lowest BCUT2D eigenvalue weighted by atomic mass is 10.1. The van der Waals surface area contributed by atoms with Crippen molar-refractivity contribution in [2.24, 2.45) is 0 Å². The number of rotatable bonds is 1. The molecule has 0 saturated heterocycles. The second-order valence-electron chi connectivity index (χ2n) is 3.30. The molecular weight excluding hydrogens is 205 g/mol. The summed E-state index contributed by atoms with van der Waals surface area (Å²) in [6.45, 7) is -0.0102. The van der Waals surface area contributed by atoms with Gasteiger partial charge in [-0.05, 0) is 12.1 Å².